The van der Waals surface area contributed by atoms with Crippen molar-refractivity contribution < 1.29 is 9.53 Å². The molecule has 0 aromatic heterocycles. The lowest BCUT2D eigenvalue weighted by Gasteiger charge is -2.29. The standard InChI is InChI=1S/C19H30N2O2/c1-4-5-8-12-21(15(2)3)14-19(22)20-17-11-13-23-18-10-7-6-9-16(17)18/h6-7,9-10,15,17H,4-5,8,11-14H2,1-3H3,(H,20,22). The second-order valence-electron chi connectivity index (χ2n) is 6.57. The molecule has 0 radical (unpaired) electrons. The molecule has 2 rings (SSSR count). The maximum absolute atomic E-state index is 12.5. The largest absolute Gasteiger partial charge is 0.493 e. The second kappa shape index (κ2) is 8.92. The average molecular weight is 318 g/mol. The molecule has 0 saturated heterocycles. The Hall–Kier alpha value is -1.55. The number of hydrogen-bond donors (Lipinski definition) is 1. The summed E-state index contributed by atoms with van der Waals surface area (Å²) in [6.45, 7) is 8.64. The summed E-state index contributed by atoms with van der Waals surface area (Å²) in [6, 6.07) is 8.44. The van der Waals surface area contributed by atoms with E-state index in [4.69, 9.17) is 4.74 Å². The number of ether oxygens (including phenoxy) is 1. The highest BCUT2D eigenvalue weighted by molar-refractivity contribution is 5.78. The van der Waals surface area contributed by atoms with Gasteiger partial charge in [-0.3, -0.25) is 9.69 Å². The van der Waals surface area contributed by atoms with Crippen LogP contribution in [0.4, 0.5) is 0 Å². The van der Waals surface area contributed by atoms with Crippen molar-refractivity contribution in [2.24, 2.45) is 0 Å². The van der Waals surface area contributed by atoms with Gasteiger partial charge in [0.05, 0.1) is 19.2 Å². The van der Waals surface area contributed by atoms with Gasteiger partial charge < -0.3 is 10.1 Å². The SMILES string of the molecule is CCCCCN(CC(=O)NC1CCOc2ccccc21)C(C)C. The topological polar surface area (TPSA) is 41.6 Å². The van der Waals surface area contributed by atoms with E-state index in [9.17, 15) is 4.79 Å². The van der Waals surface area contributed by atoms with Crippen molar-refractivity contribution in [1.82, 2.24) is 10.2 Å². The van der Waals surface area contributed by atoms with E-state index < -0.39 is 0 Å². The zero-order valence-electron chi connectivity index (χ0n) is 14.7. The predicted octanol–water partition coefficient (Wildman–Crippen LogP) is 3.53. The van der Waals surface area contributed by atoms with Crippen LogP contribution in [0, 0.1) is 0 Å². The number of nitrogens with zero attached hydrogens (tertiary/aromatic N) is 1. The number of benzene rings is 1. The van der Waals surface area contributed by atoms with Crippen LogP contribution in [-0.4, -0.2) is 36.5 Å². The molecule has 1 amide bonds. The zero-order chi connectivity index (χ0) is 16.7. The number of carbonyl (C=O) groups is 1. The van der Waals surface area contributed by atoms with Gasteiger partial charge in [0, 0.05) is 18.0 Å². The minimum atomic E-state index is 0.0668. The summed E-state index contributed by atoms with van der Waals surface area (Å²) in [5, 5.41) is 3.19. The van der Waals surface area contributed by atoms with Gasteiger partial charge in [-0.05, 0) is 32.9 Å². The maximum Gasteiger partial charge on any atom is 0.234 e. The van der Waals surface area contributed by atoms with E-state index in [1.54, 1.807) is 0 Å². The summed E-state index contributed by atoms with van der Waals surface area (Å²) < 4.78 is 5.66. The van der Waals surface area contributed by atoms with E-state index in [0.29, 0.717) is 19.2 Å². The number of fused-ring (bicyclic) bond motifs is 1. The van der Waals surface area contributed by atoms with Gasteiger partial charge in [-0.25, -0.2) is 0 Å². The molecule has 1 aromatic rings. The number of hydrogen-bond acceptors (Lipinski definition) is 3. The molecule has 1 aliphatic rings. The zero-order valence-corrected chi connectivity index (χ0v) is 14.7. The molecule has 128 valence electrons. The number of rotatable bonds is 8. The number of carbonyl (C=O) groups excluding carboxylic acids is 1. The van der Waals surface area contributed by atoms with Crippen LogP contribution in [0.5, 0.6) is 5.75 Å². The van der Waals surface area contributed by atoms with E-state index in [0.717, 1.165) is 30.7 Å². The molecule has 0 spiro atoms. The van der Waals surface area contributed by atoms with Crippen molar-refractivity contribution in [3.8, 4) is 5.75 Å². The van der Waals surface area contributed by atoms with Gasteiger partial charge in [-0.15, -0.1) is 0 Å². The van der Waals surface area contributed by atoms with Gasteiger partial charge in [-0.1, -0.05) is 38.0 Å². The Bertz CT molecular complexity index is 502. The lowest BCUT2D eigenvalue weighted by atomic mass is 10.0. The molecule has 0 bridgehead atoms. The molecule has 0 fully saturated rings. The first-order chi connectivity index (χ1) is 11.1. The molecule has 1 N–H and O–H groups in total. The van der Waals surface area contributed by atoms with E-state index in [2.05, 4.69) is 31.0 Å². The van der Waals surface area contributed by atoms with Gasteiger partial charge >= 0.3 is 0 Å². The minimum absolute atomic E-state index is 0.0668. The van der Waals surface area contributed by atoms with Crippen LogP contribution in [0.3, 0.4) is 0 Å². The van der Waals surface area contributed by atoms with Gasteiger partial charge in [0.25, 0.3) is 0 Å². The Balaban J connectivity index is 1.91. The van der Waals surface area contributed by atoms with Crippen molar-refractivity contribution in [2.45, 2.75) is 58.5 Å². The molecule has 1 heterocycles. The van der Waals surface area contributed by atoms with Crippen molar-refractivity contribution in [3.63, 3.8) is 0 Å². The van der Waals surface area contributed by atoms with Crippen molar-refractivity contribution in [2.75, 3.05) is 19.7 Å². The highest BCUT2D eigenvalue weighted by atomic mass is 16.5. The van der Waals surface area contributed by atoms with Crippen LogP contribution < -0.4 is 10.1 Å². The maximum atomic E-state index is 12.5. The van der Waals surface area contributed by atoms with Gasteiger partial charge in [0.2, 0.25) is 5.91 Å². The Labute approximate surface area is 140 Å². The van der Waals surface area contributed by atoms with Gasteiger partial charge in [0.15, 0.2) is 0 Å². The van der Waals surface area contributed by atoms with E-state index in [1.165, 1.54) is 12.8 Å². The van der Waals surface area contributed by atoms with E-state index >= 15 is 0 Å². The van der Waals surface area contributed by atoms with Gasteiger partial charge in [-0.2, -0.15) is 0 Å². The fourth-order valence-electron chi connectivity index (χ4n) is 3.00. The Morgan fingerprint density at radius 1 is 1.35 bits per heavy atom. The monoisotopic (exact) mass is 318 g/mol. The van der Waals surface area contributed by atoms with Crippen LogP contribution in [0.15, 0.2) is 24.3 Å². The molecule has 1 aromatic carbocycles. The molecule has 23 heavy (non-hydrogen) atoms. The highest BCUT2D eigenvalue weighted by Gasteiger charge is 2.23. The highest BCUT2D eigenvalue weighted by Crippen LogP contribution is 2.31. The summed E-state index contributed by atoms with van der Waals surface area (Å²) in [4.78, 5) is 14.7. The summed E-state index contributed by atoms with van der Waals surface area (Å²) >= 11 is 0. The smallest absolute Gasteiger partial charge is 0.234 e. The Morgan fingerprint density at radius 2 is 2.13 bits per heavy atom. The first kappa shape index (κ1) is 17.8. The second-order valence-corrected chi connectivity index (χ2v) is 6.57. The summed E-state index contributed by atoms with van der Waals surface area (Å²) in [5.41, 5.74) is 1.09. The molecule has 4 heteroatoms. The van der Waals surface area contributed by atoms with Crippen LogP contribution in [0.1, 0.15) is 58.1 Å². The molecule has 4 nitrogen and oxygen atoms in total. The molecule has 1 unspecified atom stereocenters. The van der Waals surface area contributed by atoms with E-state index in [1.807, 2.05) is 24.3 Å². The molecule has 1 atom stereocenters. The van der Waals surface area contributed by atoms with E-state index in [-0.39, 0.29) is 11.9 Å². The first-order valence-corrected chi connectivity index (χ1v) is 8.87. The summed E-state index contributed by atoms with van der Waals surface area (Å²) in [5.74, 6) is 1.00. The first-order valence-electron chi connectivity index (χ1n) is 8.87. The molecule has 1 aliphatic heterocycles. The normalized spacial score (nSPS) is 17.0. The minimum Gasteiger partial charge on any atom is -0.493 e. The van der Waals surface area contributed by atoms with Crippen molar-refractivity contribution >= 4 is 5.91 Å². The Kier molecular flexibility index (Phi) is 6.90. The van der Waals surface area contributed by atoms with Crippen LogP contribution in [-0.2, 0) is 4.79 Å². The van der Waals surface area contributed by atoms with Crippen LogP contribution in [0.2, 0.25) is 0 Å². The van der Waals surface area contributed by atoms with Gasteiger partial charge in [0.1, 0.15) is 5.75 Å². The lowest BCUT2D eigenvalue weighted by Crippen LogP contribution is -2.43. The van der Waals surface area contributed by atoms with Crippen molar-refractivity contribution in [1.29, 1.82) is 0 Å². The Morgan fingerprint density at radius 3 is 2.87 bits per heavy atom. The molecular formula is C19H30N2O2. The number of amides is 1. The third-order valence-corrected chi connectivity index (χ3v) is 4.42. The number of para-hydroxylation sites is 1. The summed E-state index contributed by atoms with van der Waals surface area (Å²) in [6.07, 6.45) is 4.41. The average Bonchev–Trinajstić information content (AvgIpc) is 2.54. The number of nitrogens with one attached hydrogen (secondary N) is 1. The fraction of sp³-hybridized carbons (Fsp3) is 0.632. The van der Waals surface area contributed by atoms with Crippen LogP contribution >= 0.6 is 0 Å². The van der Waals surface area contributed by atoms with Crippen molar-refractivity contribution in [3.05, 3.63) is 29.8 Å². The lowest BCUT2D eigenvalue weighted by molar-refractivity contribution is -0.123. The molecule has 0 saturated carbocycles. The third kappa shape index (κ3) is 5.24. The molecular weight excluding hydrogens is 288 g/mol. The number of unbranched alkanes of at least 4 members (excludes halogenated alkanes) is 2. The third-order valence-electron chi connectivity index (χ3n) is 4.42. The summed E-state index contributed by atoms with van der Waals surface area (Å²) in [7, 11) is 0. The van der Waals surface area contributed by atoms with Crippen LogP contribution in [0.25, 0.3) is 0 Å². The quantitative estimate of drug-likeness (QED) is 0.746. The fourth-order valence-corrected chi connectivity index (χ4v) is 3.00. The molecule has 0 aliphatic carbocycles. The predicted molar refractivity (Wildman–Crippen MR) is 93.7 cm³/mol.